The van der Waals surface area contributed by atoms with Crippen LogP contribution < -0.4 is 5.30 Å². The van der Waals surface area contributed by atoms with E-state index < -0.39 is 0 Å². The van der Waals surface area contributed by atoms with E-state index in [1.807, 2.05) is 25.1 Å². The molecule has 0 radical (unpaired) electrons. The molecule has 0 saturated carbocycles. The van der Waals surface area contributed by atoms with Crippen LogP contribution in [-0.2, 0) is 0 Å². The van der Waals surface area contributed by atoms with Crippen LogP contribution >= 0.6 is 9.24 Å². The molecule has 0 saturated heterocycles. The van der Waals surface area contributed by atoms with Gasteiger partial charge in [0.05, 0.1) is 0 Å². The highest BCUT2D eigenvalue weighted by atomic mass is 31.0. The molecule has 0 bridgehead atoms. The predicted octanol–water partition coefficient (Wildman–Crippen LogP) is 2.86. The summed E-state index contributed by atoms with van der Waals surface area (Å²) in [6.07, 6.45) is 6.01. The summed E-state index contributed by atoms with van der Waals surface area (Å²) in [5, 5.41) is 1.21. The Kier molecular flexibility index (Phi) is 3.25. The van der Waals surface area contributed by atoms with Crippen molar-refractivity contribution in [2.75, 3.05) is 0 Å². The summed E-state index contributed by atoms with van der Waals surface area (Å²) < 4.78 is 0. The second kappa shape index (κ2) is 4.23. The first-order valence-electron chi connectivity index (χ1n) is 3.93. The molecule has 0 N–H and O–H groups in total. The zero-order valence-electron chi connectivity index (χ0n) is 7.25. The standard InChI is InChI=1S/C11H13P/c1-3-6-10-9(4-2)7-5-8-11(10)12/h3-8H,2,12H2,1H3/b6-3-. The van der Waals surface area contributed by atoms with E-state index in [0.717, 1.165) is 0 Å². The predicted molar refractivity (Wildman–Crippen MR) is 60.6 cm³/mol. The van der Waals surface area contributed by atoms with E-state index in [4.69, 9.17) is 0 Å². The van der Waals surface area contributed by atoms with Crippen LogP contribution in [0.2, 0.25) is 0 Å². The Morgan fingerprint density at radius 3 is 2.75 bits per heavy atom. The molecule has 1 aromatic rings. The van der Waals surface area contributed by atoms with Crippen molar-refractivity contribution in [3.05, 3.63) is 42.0 Å². The molecular formula is C11H13P. The SMILES string of the molecule is C=Cc1cccc(P)c1/C=C\C. The van der Waals surface area contributed by atoms with Crippen LogP contribution in [0.3, 0.4) is 0 Å². The lowest BCUT2D eigenvalue weighted by atomic mass is 10.1. The number of hydrogen-bond donors (Lipinski definition) is 0. The molecule has 0 nitrogen and oxygen atoms in total. The summed E-state index contributed by atoms with van der Waals surface area (Å²) in [5.41, 5.74) is 2.42. The van der Waals surface area contributed by atoms with E-state index in [1.54, 1.807) is 0 Å². The molecule has 0 aromatic heterocycles. The van der Waals surface area contributed by atoms with E-state index >= 15 is 0 Å². The molecule has 0 fully saturated rings. The van der Waals surface area contributed by atoms with Crippen LogP contribution in [0.15, 0.2) is 30.9 Å². The average Bonchev–Trinajstić information content (AvgIpc) is 2.09. The second-order valence-corrected chi connectivity index (χ2v) is 3.18. The smallest absolute Gasteiger partial charge is 0.0116 e. The zero-order valence-corrected chi connectivity index (χ0v) is 8.40. The van der Waals surface area contributed by atoms with Gasteiger partial charge in [0.1, 0.15) is 0 Å². The number of allylic oxidation sites excluding steroid dienone is 1. The summed E-state index contributed by atoms with van der Waals surface area (Å²) in [5.74, 6) is 0. The van der Waals surface area contributed by atoms with Gasteiger partial charge in [0.15, 0.2) is 0 Å². The minimum Gasteiger partial charge on any atom is -0.105 e. The Bertz CT molecular complexity index is 311. The number of hydrogen-bond acceptors (Lipinski definition) is 0. The van der Waals surface area contributed by atoms with Crippen molar-refractivity contribution in [3.63, 3.8) is 0 Å². The molecule has 0 amide bonds. The Balaban J connectivity index is 3.28. The van der Waals surface area contributed by atoms with Crippen LogP contribution in [0.4, 0.5) is 0 Å². The van der Waals surface area contributed by atoms with Gasteiger partial charge >= 0.3 is 0 Å². The molecule has 1 rings (SSSR count). The molecule has 0 heterocycles. The fourth-order valence-electron chi connectivity index (χ4n) is 1.14. The number of benzene rings is 1. The lowest BCUT2D eigenvalue weighted by molar-refractivity contribution is 1.65. The molecule has 1 aromatic carbocycles. The third kappa shape index (κ3) is 1.84. The lowest BCUT2D eigenvalue weighted by Gasteiger charge is -2.03. The summed E-state index contributed by atoms with van der Waals surface area (Å²) in [6.45, 7) is 5.79. The quantitative estimate of drug-likeness (QED) is 0.608. The van der Waals surface area contributed by atoms with E-state index in [1.165, 1.54) is 16.4 Å². The summed E-state index contributed by atoms with van der Waals surface area (Å²) in [4.78, 5) is 0. The fraction of sp³-hybridized carbons (Fsp3) is 0.0909. The van der Waals surface area contributed by atoms with Crippen molar-refractivity contribution in [1.82, 2.24) is 0 Å². The van der Waals surface area contributed by atoms with Gasteiger partial charge in [0.2, 0.25) is 0 Å². The molecule has 0 aliphatic heterocycles. The minimum absolute atomic E-state index is 1.18. The Hall–Kier alpha value is -0.870. The van der Waals surface area contributed by atoms with Crippen molar-refractivity contribution in [2.24, 2.45) is 0 Å². The van der Waals surface area contributed by atoms with Crippen molar-refractivity contribution in [2.45, 2.75) is 6.92 Å². The monoisotopic (exact) mass is 176 g/mol. The van der Waals surface area contributed by atoms with Gasteiger partial charge in [0, 0.05) is 0 Å². The first-order chi connectivity index (χ1) is 5.79. The van der Waals surface area contributed by atoms with E-state index in [9.17, 15) is 0 Å². The van der Waals surface area contributed by atoms with Crippen molar-refractivity contribution in [1.29, 1.82) is 0 Å². The molecule has 0 spiro atoms. The first-order valence-corrected chi connectivity index (χ1v) is 4.51. The first kappa shape index (κ1) is 9.22. The Labute approximate surface area is 76.2 Å². The largest absolute Gasteiger partial charge is 0.105 e. The topological polar surface area (TPSA) is 0 Å². The van der Waals surface area contributed by atoms with Crippen molar-refractivity contribution in [3.8, 4) is 0 Å². The molecule has 1 atom stereocenters. The van der Waals surface area contributed by atoms with Crippen LogP contribution in [0, 0.1) is 0 Å². The van der Waals surface area contributed by atoms with Gasteiger partial charge in [-0.1, -0.05) is 43.0 Å². The minimum atomic E-state index is 1.18. The Morgan fingerprint density at radius 2 is 2.17 bits per heavy atom. The summed E-state index contributed by atoms with van der Waals surface area (Å²) in [6, 6.07) is 6.18. The third-order valence-electron chi connectivity index (χ3n) is 1.73. The van der Waals surface area contributed by atoms with Crippen LogP contribution in [0.5, 0.6) is 0 Å². The van der Waals surface area contributed by atoms with Gasteiger partial charge < -0.3 is 0 Å². The van der Waals surface area contributed by atoms with Gasteiger partial charge in [-0.25, -0.2) is 0 Å². The van der Waals surface area contributed by atoms with Crippen LogP contribution in [-0.4, -0.2) is 0 Å². The third-order valence-corrected chi connectivity index (χ3v) is 2.23. The highest BCUT2D eigenvalue weighted by Crippen LogP contribution is 2.12. The van der Waals surface area contributed by atoms with E-state index in [-0.39, 0.29) is 0 Å². The average molecular weight is 176 g/mol. The molecule has 0 aliphatic rings. The van der Waals surface area contributed by atoms with Gasteiger partial charge in [-0.2, -0.15) is 0 Å². The second-order valence-electron chi connectivity index (χ2n) is 2.55. The van der Waals surface area contributed by atoms with Gasteiger partial charge in [-0.05, 0) is 23.4 Å². The van der Waals surface area contributed by atoms with Gasteiger partial charge in [0.25, 0.3) is 0 Å². The maximum absolute atomic E-state index is 3.77. The lowest BCUT2D eigenvalue weighted by Crippen LogP contribution is -1.97. The highest BCUT2D eigenvalue weighted by Gasteiger charge is 1.97. The normalized spacial score (nSPS) is 10.5. The fourth-order valence-corrected chi connectivity index (χ4v) is 1.51. The van der Waals surface area contributed by atoms with Crippen LogP contribution in [0.25, 0.3) is 12.2 Å². The maximum atomic E-state index is 3.77. The highest BCUT2D eigenvalue weighted by molar-refractivity contribution is 7.27. The molecular weight excluding hydrogens is 163 g/mol. The molecule has 1 heteroatoms. The molecule has 12 heavy (non-hydrogen) atoms. The Morgan fingerprint density at radius 1 is 1.42 bits per heavy atom. The van der Waals surface area contributed by atoms with Gasteiger partial charge in [-0.3, -0.25) is 0 Å². The van der Waals surface area contributed by atoms with E-state index in [2.05, 4.69) is 34.0 Å². The zero-order chi connectivity index (χ0) is 8.97. The van der Waals surface area contributed by atoms with Crippen LogP contribution in [0.1, 0.15) is 18.1 Å². The summed E-state index contributed by atoms with van der Waals surface area (Å²) >= 11 is 0. The summed E-state index contributed by atoms with van der Waals surface area (Å²) in [7, 11) is 2.73. The van der Waals surface area contributed by atoms with Crippen molar-refractivity contribution >= 4 is 26.7 Å². The molecule has 0 aliphatic carbocycles. The molecule has 62 valence electrons. The van der Waals surface area contributed by atoms with Gasteiger partial charge in [-0.15, -0.1) is 9.24 Å². The van der Waals surface area contributed by atoms with E-state index in [0.29, 0.717) is 0 Å². The maximum Gasteiger partial charge on any atom is -0.0116 e. The van der Waals surface area contributed by atoms with Crippen molar-refractivity contribution < 1.29 is 0 Å². The number of rotatable bonds is 2. The molecule has 1 unspecified atom stereocenters.